The van der Waals surface area contributed by atoms with E-state index in [0.717, 1.165) is 12.4 Å². The molecule has 2 heterocycles. The van der Waals surface area contributed by atoms with Crippen LogP contribution in [0.25, 0.3) is 0 Å². The summed E-state index contributed by atoms with van der Waals surface area (Å²) in [5, 5.41) is 9.94. The second kappa shape index (κ2) is 4.39. The Hall–Kier alpha value is -1.13. The van der Waals surface area contributed by atoms with Crippen molar-refractivity contribution >= 4 is 5.82 Å². The molecule has 1 saturated heterocycles. The minimum Gasteiger partial charge on any atom is -0.388 e. The van der Waals surface area contributed by atoms with Crippen LogP contribution in [0.4, 0.5) is 5.82 Å². The largest absolute Gasteiger partial charge is 0.388 e. The average Bonchev–Trinajstić information content (AvgIpc) is 2.29. The summed E-state index contributed by atoms with van der Waals surface area (Å²) in [4.78, 5) is 6.45. The Bertz CT molecular complexity index is 335. The topological polar surface area (TPSA) is 45.6 Å². The predicted molar refractivity (Wildman–Crippen MR) is 62.5 cm³/mol. The number of aliphatic hydroxyl groups is 1. The zero-order valence-corrected chi connectivity index (χ0v) is 9.76. The molecule has 1 fully saturated rings. The molecule has 1 unspecified atom stereocenters. The highest BCUT2D eigenvalue weighted by atomic mass is 16.5. The number of pyridine rings is 1. The molecule has 0 spiro atoms. The molecule has 88 valence electrons. The van der Waals surface area contributed by atoms with E-state index in [1.165, 1.54) is 0 Å². The molecule has 1 N–H and O–H groups in total. The third-order valence-electron chi connectivity index (χ3n) is 2.83. The van der Waals surface area contributed by atoms with Gasteiger partial charge in [-0.2, -0.15) is 0 Å². The second-order valence-corrected chi connectivity index (χ2v) is 4.65. The second-order valence-electron chi connectivity index (χ2n) is 4.65. The molecule has 0 bridgehead atoms. The molecule has 0 aromatic carbocycles. The third kappa shape index (κ3) is 2.51. The smallest absolute Gasteiger partial charge is 0.128 e. The van der Waals surface area contributed by atoms with Gasteiger partial charge >= 0.3 is 0 Å². The summed E-state index contributed by atoms with van der Waals surface area (Å²) in [5.41, 5.74) is -0.812. The van der Waals surface area contributed by atoms with Crippen molar-refractivity contribution in [3.05, 3.63) is 24.4 Å². The van der Waals surface area contributed by atoms with E-state index in [0.29, 0.717) is 13.2 Å². The molecule has 1 atom stereocenters. The highest BCUT2D eigenvalue weighted by Gasteiger charge is 2.32. The van der Waals surface area contributed by atoms with Gasteiger partial charge in [0, 0.05) is 19.3 Å². The van der Waals surface area contributed by atoms with Crippen LogP contribution in [0.3, 0.4) is 0 Å². The van der Waals surface area contributed by atoms with Gasteiger partial charge in [0.25, 0.3) is 0 Å². The molecule has 16 heavy (non-hydrogen) atoms. The quantitative estimate of drug-likeness (QED) is 0.812. The lowest BCUT2D eigenvalue weighted by molar-refractivity contribution is -0.0929. The lowest BCUT2D eigenvalue weighted by atomic mass is 10.0. The van der Waals surface area contributed by atoms with Crippen LogP contribution in [0.15, 0.2) is 24.4 Å². The maximum atomic E-state index is 9.94. The summed E-state index contributed by atoms with van der Waals surface area (Å²) in [6, 6.07) is 5.85. The molecule has 4 nitrogen and oxygen atoms in total. The number of ether oxygens (including phenoxy) is 1. The van der Waals surface area contributed by atoms with Crippen LogP contribution >= 0.6 is 0 Å². The van der Waals surface area contributed by atoms with Crippen LogP contribution in [-0.4, -0.2) is 41.5 Å². The molecule has 1 aromatic rings. The lowest BCUT2D eigenvalue weighted by Gasteiger charge is -2.39. The number of aromatic nitrogens is 1. The van der Waals surface area contributed by atoms with Gasteiger partial charge in [-0.25, -0.2) is 4.98 Å². The first-order valence-electron chi connectivity index (χ1n) is 5.57. The van der Waals surface area contributed by atoms with Crippen LogP contribution in [-0.2, 0) is 4.74 Å². The number of hydrogen-bond acceptors (Lipinski definition) is 4. The van der Waals surface area contributed by atoms with E-state index in [-0.39, 0.29) is 6.10 Å². The van der Waals surface area contributed by atoms with Crippen LogP contribution in [0.1, 0.15) is 13.8 Å². The number of hydrogen-bond donors (Lipinski definition) is 1. The first-order valence-corrected chi connectivity index (χ1v) is 5.57. The molecular weight excluding hydrogens is 204 g/mol. The summed E-state index contributed by atoms with van der Waals surface area (Å²) in [5.74, 6) is 0.944. The van der Waals surface area contributed by atoms with E-state index in [2.05, 4.69) is 9.88 Å². The monoisotopic (exact) mass is 222 g/mol. The van der Waals surface area contributed by atoms with Crippen molar-refractivity contribution in [2.24, 2.45) is 0 Å². The Morgan fingerprint density at radius 2 is 2.31 bits per heavy atom. The Labute approximate surface area is 95.9 Å². The minimum absolute atomic E-state index is 0.164. The van der Waals surface area contributed by atoms with Gasteiger partial charge < -0.3 is 14.7 Å². The molecule has 1 aliphatic heterocycles. The number of rotatable bonds is 2. The normalized spacial score (nSPS) is 22.2. The number of anilines is 1. The molecule has 0 radical (unpaired) electrons. The van der Waals surface area contributed by atoms with Crippen LogP contribution < -0.4 is 4.90 Å². The van der Waals surface area contributed by atoms with Crippen molar-refractivity contribution < 1.29 is 9.84 Å². The van der Waals surface area contributed by atoms with Crippen molar-refractivity contribution in [3.8, 4) is 0 Å². The maximum Gasteiger partial charge on any atom is 0.128 e. The van der Waals surface area contributed by atoms with Gasteiger partial charge in [0.05, 0.1) is 12.2 Å². The highest BCUT2D eigenvalue weighted by molar-refractivity contribution is 5.38. The van der Waals surface area contributed by atoms with Crippen LogP contribution in [0.2, 0.25) is 0 Å². The maximum absolute atomic E-state index is 9.94. The van der Waals surface area contributed by atoms with Gasteiger partial charge in [0.1, 0.15) is 11.9 Å². The van der Waals surface area contributed by atoms with Gasteiger partial charge in [-0.3, -0.25) is 0 Å². The summed E-state index contributed by atoms with van der Waals surface area (Å²) in [7, 11) is 0. The first kappa shape index (κ1) is 11.4. The Morgan fingerprint density at radius 1 is 1.50 bits per heavy atom. The van der Waals surface area contributed by atoms with Crippen LogP contribution in [0.5, 0.6) is 0 Å². The summed E-state index contributed by atoms with van der Waals surface area (Å²) in [6.45, 7) is 5.69. The van der Waals surface area contributed by atoms with Gasteiger partial charge in [-0.05, 0) is 26.0 Å². The van der Waals surface area contributed by atoms with E-state index in [9.17, 15) is 5.11 Å². The molecule has 0 amide bonds. The molecular formula is C12H18N2O2. The van der Waals surface area contributed by atoms with E-state index >= 15 is 0 Å². The zero-order valence-electron chi connectivity index (χ0n) is 9.76. The molecule has 1 aliphatic rings. The van der Waals surface area contributed by atoms with Gasteiger partial charge in [-0.15, -0.1) is 0 Å². The van der Waals surface area contributed by atoms with E-state index in [4.69, 9.17) is 4.74 Å². The standard InChI is InChI=1S/C12H18N2O2/c1-12(2,15)10-9-14(7-8-16-10)11-5-3-4-6-13-11/h3-6,10,15H,7-9H2,1-2H3. The molecule has 0 saturated carbocycles. The lowest BCUT2D eigenvalue weighted by Crippen LogP contribution is -2.52. The van der Waals surface area contributed by atoms with Gasteiger partial charge in [0.2, 0.25) is 0 Å². The SMILES string of the molecule is CC(C)(O)C1CN(c2ccccn2)CCO1. The van der Waals surface area contributed by atoms with Crippen molar-refractivity contribution in [1.82, 2.24) is 4.98 Å². The number of morpholine rings is 1. The van der Waals surface area contributed by atoms with Crippen molar-refractivity contribution in [1.29, 1.82) is 0 Å². The molecule has 2 rings (SSSR count). The minimum atomic E-state index is -0.812. The average molecular weight is 222 g/mol. The Morgan fingerprint density at radius 3 is 2.94 bits per heavy atom. The summed E-state index contributed by atoms with van der Waals surface area (Å²) < 4.78 is 5.57. The molecule has 4 heteroatoms. The fourth-order valence-electron chi connectivity index (χ4n) is 1.83. The van der Waals surface area contributed by atoms with Crippen molar-refractivity contribution in [2.75, 3.05) is 24.6 Å². The summed E-state index contributed by atoms with van der Waals surface area (Å²) >= 11 is 0. The predicted octanol–water partition coefficient (Wildman–Crippen LogP) is 1.06. The molecule has 1 aromatic heterocycles. The molecule has 0 aliphatic carbocycles. The van der Waals surface area contributed by atoms with Crippen molar-refractivity contribution in [2.45, 2.75) is 25.6 Å². The fraction of sp³-hybridized carbons (Fsp3) is 0.583. The van der Waals surface area contributed by atoms with Crippen LogP contribution in [0, 0.1) is 0 Å². The fourth-order valence-corrected chi connectivity index (χ4v) is 1.83. The number of nitrogens with zero attached hydrogens (tertiary/aromatic N) is 2. The van der Waals surface area contributed by atoms with Gasteiger partial charge in [0.15, 0.2) is 0 Å². The van der Waals surface area contributed by atoms with Crippen molar-refractivity contribution in [3.63, 3.8) is 0 Å². The van der Waals surface area contributed by atoms with E-state index < -0.39 is 5.60 Å². The zero-order chi connectivity index (χ0) is 11.6. The van der Waals surface area contributed by atoms with Gasteiger partial charge in [-0.1, -0.05) is 6.07 Å². The summed E-state index contributed by atoms with van der Waals surface area (Å²) in [6.07, 6.45) is 1.62. The van der Waals surface area contributed by atoms with E-state index in [1.807, 2.05) is 18.2 Å². The Kier molecular flexibility index (Phi) is 3.12. The van der Waals surface area contributed by atoms with E-state index in [1.54, 1.807) is 20.0 Å². The highest BCUT2D eigenvalue weighted by Crippen LogP contribution is 2.20. The first-order chi connectivity index (χ1) is 7.57. The third-order valence-corrected chi connectivity index (χ3v) is 2.83. The Balaban J connectivity index is 2.08.